The van der Waals surface area contributed by atoms with Crippen molar-refractivity contribution < 1.29 is 18.8 Å². The maximum atomic E-state index is 12.9. The summed E-state index contributed by atoms with van der Waals surface area (Å²) in [7, 11) is 0. The quantitative estimate of drug-likeness (QED) is 0.864. The third kappa shape index (κ3) is 3.26. The lowest BCUT2D eigenvalue weighted by atomic mass is 9.95. The number of hydrogen-bond acceptors (Lipinski definition) is 3. The Balaban J connectivity index is 2.24. The first-order valence-corrected chi connectivity index (χ1v) is 6.82. The van der Waals surface area contributed by atoms with Crippen LogP contribution < -0.4 is 5.32 Å². The molecule has 1 aromatic rings. The molecule has 1 N–H and O–H groups in total. The Morgan fingerprint density at radius 2 is 1.81 bits per heavy atom. The molecule has 21 heavy (non-hydrogen) atoms. The summed E-state index contributed by atoms with van der Waals surface area (Å²) in [4.78, 5) is 37.1. The van der Waals surface area contributed by atoms with Crippen molar-refractivity contribution >= 4 is 17.8 Å². The number of carbonyl (C=O) groups is 3. The van der Waals surface area contributed by atoms with E-state index in [0.29, 0.717) is 17.9 Å². The van der Waals surface area contributed by atoms with Crippen LogP contribution in [0.4, 0.5) is 9.18 Å². The normalized spacial score (nSPS) is 19.1. The molecule has 1 atom stereocenters. The van der Waals surface area contributed by atoms with Crippen LogP contribution >= 0.6 is 0 Å². The molecule has 1 saturated heterocycles. The minimum Gasteiger partial charge on any atom is -0.277 e. The Morgan fingerprint density at radius 1 is 1.19 bits per heavy atom. The van der Waals surface area contributed by atoms with Gasteiger partial charge in [0.05, 0.1) is 0 Å². The number of rotatable bonds is 4. The SMILES string of the molecule is CC(C)CCN1C(=O)NC(=O)C(c2ccc(F)cc2)C1=O. The largest absolute Gasteiger partial charge is 0.330 e. The third-order valence-electron chi connectivity index (χ3n) is 3.38. The standard InChI is InChI=1S/C15H17FN2O3/c1-9(2)7-8-18-14(20)12(13(19)17-15(18)21)10-3-5-11(16)6-4-10/h3-6,9,12H,7-8H2,1-2H3,(H,17,19,21). The molecule has 0 radical (unpaired) electrons. The minimum absolute atomic E-state index is 0.257. The Bertz CT molecular complexity index is 569. The highest BCUT2D eigenvalue weighted by atomic mass is 19.1. The molecule has 1 unspecified atom stereocenters. The van der Waals surface area contributed by atoms with Gasteiger partial charge in [-0.15, -0.1) is 0 Å². The summed E-state index contributed by atoms with van der Waals surface area (Å²) >= 11 is 0. The lowest BCUT2D eigenvalue weighted by molar-refractivity contribution is -0.138. The van der Waals surface area contributed by atoms with Gasteiger partial charge in [0.1, 0.15) is 11.7 Å². The van der Waals surface area contributed by atoms with E-state index >= 15 is 0 Å². The smallest absolute Gasteiger partial charge is 0.277 e. The Kier molecular flexibility index (Phi) is 4.35. The molecule has 1 heterocycles. The maximum absolute atomic E-state index is 12.9. The summed E-state index contributed by atoms with van der Waals surface area (Å²) < 4.78 is 12.9. The summed E-state index contributed by atoms with van der Waals surface area (Å²) in [6, 6.07) is 4.45. The molecule has 4 amide bonds. The summed E-state index contributed by atoms with van der Waals surface area (Å²) in [5, 5.41) is 2.18. The van der Waals surface area contributed by atoms with Gasteiger partial charge in [0.15, 0.2) is 0 Å². The van der Waals surface area contributed by atoms with Gasteiger partial charge in [0.2, 0.25) is 11.8 Å². The molecular weight excluding hydrogens is 275 g/mol. The summed E-state index contributed by atoms with van der Waals surface area (Å²) in [6.45, 7) is 4.22. The molecule has 0 bridgehead atoms. The van der Waals surface area contributed by atoms with Gasteiger partial charge in [-0.25, -0.2) is 9.18 Å². The van der Waals surface area contributed by atoms with E-state index in [0.717, 1.165) is 4.90 Å². The second kappa shape index (κ2) is 6.03. The van der Waals surface area contributed by atoms with Crippen molar-refractivity contribution in [3.8, 4) is 0 Å². The van der Waals surface area contributed by atoms with Crippen LogP contribution in [0.15, 0.2) is 24.3 Å². The van der Waals surface area contributed by atoms with Crippen molar-refractivity contribution in [1.29, 1.82) is 0 Å². The van der Waals surface area contributed by atoms with Gasteiger partial charge in [-0.1, -0.05) is 26.0 Å². The summed E-state index contributed by atoms with van der Waals surface area (Å²) in [6.07, 6.45) is 0.656. The van der Waals surface area contributed by atoms with Gasteiger partial charge >= 0.3 is 6.03 Å². The Hall–Kier alpha value is -2.24. The molecule has 0 saturated carbocycles. The van der Waals surface area contributed by atoms with Crippen molar-refractivity contribution in [3.05, 3.63) is 35.6 Å². The number of nitrogens with one attached hydrogen (secondary N) is 1. The van der Waals surface area contributed by atoms with Crippen LogP contribution in [0.2, 0.25) is 0 Å². The van der Waals surface area contributed by atoms with E-state index in [1.165, 1.54) is 24.3 Å². The molecular formula is C15H17FN2O3. The molecule has 0 aliphatic carbocycles. The number of nitrogens with zero attached hydrogens (tertiary/aromatic N) is 1. The van der Waals surface area contributed by atoms with Crippen LogP contribution in [-0.4, -0.2) is 29.3 Å². The second-order valence-electron chi connectivity index (χ2n) is 5.45. The summed E-state index contributed by atoms with van der Waals surface area (Å²) in [5.74, 6) is -2.45. The van der Waals surface area contributed by atoms with Crippen LogP contribution in [-0.2, 0) is 9.59 Å². The van der Waals surface area contributed by atoms with Gasteiger partial charge in [-0.3, -0.25) is 19.8 Å². The van der Waals surface area contributed by atoms with Gasteiger partial charge < -0.3 is 0 Å². The van der Waals surface area contributed by atoms with Crippen LogP contribution in [0.5, 0.6) is 0 Å². The number of halogens is 1. The Labute approximate surface area is 122 Å². The van der Waals surface area contributed by atoms with E-state index in [1.54, 1.807) is 0 Å². The highest BCUT2D eigenvalue weighted by Gasteiger charge is 2.41. The fourth-order valence-corrected chi connectivity index (χ4v) is 2.16. The molecule has 5 nitrogen and oxygen atoms in total. The van der Waals surface area contributed by atoms with Crippen molar-refractivity contribution in [2.24, 2.45) is 5.92 Å². The molecule has 112 valence electrons. The molecule has 6 heteroatoms. The molecule has 1 aliphatic heterocycles. The third-order valence-corrected chi connectivity index (χ3v) is 3.38. The number of amides is 4. The first-order chi connectivity index (χ1) is 9.90. The van der Waals surface area contributed by atoms with Crippen molar-refractivity contribution in [1.82, 2.24) is 10.2 Å². The molecule has 1 fully saturated rings. The first kappa shape index (κ1) is 15.2. The van der Waals surface area contributed by atoms with E-state index in [1.807, 2.05) is 13.8 Å². The predicted molar refractivity (Wildman–Crippen MR) is 73.8 cm³/mol. The molecule has 2 rings (SSSR count). The Morgan fingerprint density at radius 3 is 2.38 bits per heavy atom. The number of imide groups is 2. The lowest BCUT2D eigenvalue weighted by Crippen LogP contribution is -2.57. The van der Waals surface area contributed by atoms with E-state index in [-0.39, 0.29) is 6.54 Å². The van der Waals surface area contributed by atoms with Crippen molar-refractivity contribution in [2.45, 2.75) is 26.2 Å². The van der Waals surface area contributed by atoms with Crippen molar-refractivity contribution in [2.75, 3.05) is 6.54 Å². The maximum Gasteiger partial charge on any atom is 0.330 e. The average molecular weight is 292 g/mol. The zero-order chi connectivity index (χ0) is 15.6. The fraction of sp³-hybridized carbons (Fsp3) is 0.400. The van der Waals surface area contributed by atoms with Crippen molar-refractivity contribution in [3.63, 3.8) is 0 Å². The average Bonchev–Trinajstić information content (AvgIpc) is 2.40. The lowest BCUT2D eigenvalue weighted by Gasteiger charge is -2.30. The minimum atomic E-state index is -1.10. The number of hydrogen-bond donors (Lipinski definition) is 1. The monoisotopic (exact) mass is 292 g/mol. The van der Waals surface area contributed by atoms with E-state index in [2.05, 4.69) is 5.32 Å². The highest BCUT2D eigenvalue weighted by molar-refractivity contribution is 6.19. The number of urea groups is 1. The predicted octanol–water partition coefficient (Wildman–Crippen LogP) is 2.03. The fourth-order valence-electron chi connectivity index (χ4n) is 2.16. The van der Waals surface area contributed by atoms with Gasteiger partial charge in [0.25, 0.3) is 0 Å². The van der Waals surface area contributed by atoms with Gasteiger partial charge in [0, 0.05) is 6.54 Å². The number of carbonyl (C=O) groups excluding carboxylic acids is 3. The van der Waals surface area contributed by atoms with Crippen LogP contribution in [0.1, 0.15) is 31.7 Å². The van der Waals surface area contributed by atoms with E-state index in [9.17, 15) is 18.8 Å². The van der Waals surface area contributed by atoms with E-state index in [4.69, 9.17) is 0 Å². The summed E-state index contributed by atoms with van der Waals surface area (Å²) in [5.41, 5.74) is 0.376. The first-order valence-electron chi connectivity index (χ1n) is 6.82. The zero-order valence-corrected chi connectivity index (χ0v) is 11.9. The molecule has 1 aromatic carbocycles. The molecule has 0 spiro atoms. The number of barbiturate groups is 1. The van der Waals surface area contributed by atoms with Gasteiger partial charge in [-0.05, 0) is 30.0 Å². The van der Waals surface area contributed by atoms with E-state index < -0.39 is 29.6 Å². The second-order valence-corrected chi connectivity index (χ2v) is 5.45. The molecule has 0 aromatic heterocycles. The number of benzene rings is 1. The van der Waals surface area contributed by atoms with Crippen LogP contribution in [0.3, 0.4) is 0 Å². The van der Waals surface area contributed by atoms with Crippen LogP contribution in [0, 0.1) is 11.7 Å². The zero-order valence-electron chi connectivity index (χ0n) is 11.9. The van der Waals surface area contributed by atoms with Gasteiger partial charge in [-0.2, -0.15) is 0 Å². The highest BCUT2D eigenvalue weighted by Crippen LogP contribution is 2.23. The van der Waals surface area contributed by atoms with Crippen LogP contribution in [0.25, 0.3) is 0 Å². The topological polar surface area (TPSA) is 66.5 Å². The molecule has 1 aliphatic rings.